The van der Waals surface area contributed by atoms with Crippen molar-refractivity contribution in [2.45, 2.75) is 29.9 Å². The maximum absolute atomic E-state index is 13.3. The zero-order valence-corrected chi connectivity index (χ0v) is 15.5. The number of rotatable bonds is 7. The van der Waals surface area contributed by atoms with Crippen LogP contribution in [0.5, 0.6) is 0 Å². The number of nitrogens with two attached hydrogens (primary N) is 1. The molecule has 0 bridgehead atoms. The van der Waals surface area contributed by atoms with Gasteiger partial charge in [-0.15, -0.1) is 0 Å². The van der Waals surface area contributed by atoms with Crippen LogP contribution in [-0.2, 0) is 14.6 Å². The third-order valence-electron chi connectivity index (χ3n) is 5.18. The first kappa shape index (κ1) is 18.1. The highest BCUT2D eigenvalue weighted by Crippen LogP contribution is 2.63. The molecule has 1 fully saturated rings. The monoisotopic (exact) mass is 359 g/mol. The fourth-order valence-electron chi connectivity index (χ4n) is 3.74. The second kappa shape index (κ2) is 6.90. The maximum atomic E-state index is 13.3. The van der Waals surface area contributed by atoms with Gasteiger partial charge < -0.3 is 10.5 Å². The Morgan fingerprint density at radius 2 is 1.72 bits per heavy atom. The molecule has 0 aromatic heterocycles. The van der Waals surface area contributed by atoms with Gasteiger partial charge in [0.25, 0.3) is 0 Å². The van der Waals surface area contributed by atoms with E-state index in [-0.39, 0.29) is 12.5 Å². The molecule has 0 radical (unpaired) electrons. The Morgan fingerprint density at radius 3 is 2.28 bits per heavy atom. The van der Waals surface area contributed by atoms with Crippen LogP contribution in [0.15, 0.2) is 59.5 Å². The molecule has 0 spiro atoms. The van der Waals surface area contributed by atoms with Gasteiger partial charge in [-0.2, -0.15) is 0 Å². The summed E-state index contributed by atoms with van der Waals surface area (Å²) in [7, 11) is -3.48. The molecule has 1 aliphatic rings. The highest BCUT2D eigenvalue weighted by Gasteiger charge is 2.70. The summed E-state index contributed by atoms with van der Waals surface area (Å²) < 4.78 is 32.2. The Hall–Kier alpha value is -1.69. The number of ether oxygens (including phenoxy) is 1. The topological polar surface area (TPSA) is 69.4 Å². The van der Waals surface area contributed by atoms with Crippen LogP contribution in [0.1, 0.15) is 24.0 Å². The number of sulfone groups is 1. The molecule has 2 aromatic carbocycles. The Bertz CT molecular complexity index is 818. The van der Waals surface area contributed by atoms with Crippen molar-refractivity contribution in [3.8, 4) is 0 Å². The van der Waals surface area contributed by atoms with E-state index >= 15 is 0 Å². The zero-order chi connectivity index (χ0) is 18.1. The molecular formula is C20H25NO3S. The molecule has 0 saturated heterocycles. The molecule has 0 heterocycles. The zero-order valence-electron chi connectivity index (χ0n) is 14.7. The average molecular weight is 359 g/mol. The predicted octanol–water partition coefficient (Wildman–Crippen LogP) is 2.92. The average Bonchev–Trinajstić information content (AvgIpc) is 3.31. The number of aryl methyl sites for hydroxylation is 1. The van der Waals surface area contributed by atoms with E-state index in [9.17, 15) is 8.42 Å². The van der Waals surface area contributed by atoms with Crippen molar-refractivity contribution in [1.82, 2.24) is 0 Å². The molecular weight excluding hydrogens is 334 g/mol. The molecule has 2 aromatic rings. The number of hydrogen-bond donors (Lipinski definition) is 1. The van der Waals surface area contributed by atoms with Gasteiger partial charge in [-0.25, -0.2) is 8.42 Å². The molecule has 0 amide bonds. The van der Waals surface area contributed by atoms with Crippen LogP contribution < -0.4 is 5.73 Å². The molecule has 2 N–H and O–H groups in total. The molecule has 0 aliphatic heterocycles. The van der Waals surface area contributed by atoms with Crippen molar-refractivity contribution < 1.29 is 13.2 Å². The van der Waals surface area contributed by atoms with Gasteiger partial charge >= 0.3 is 0 Å². The lowest BCUT2D eigenvalue weighted by molar-refractivity contribution is 0.101. The lowest BCUT2D eigenvalue weighted by atomic mass is 9.99. The third-order valence-corrected chi connectivity index (χ3v) is 7.52. The predicted molar refractivity (Wildman–Crippen MR) is 99.3 cm³/mol. The van der Waals surface area contributed by atoms with E-state index in [2.05, 4.69) is 0 Å². The standard InChI is InChI=1S/C20H25NO3S/c1-3-24-14-20(13-21)18(16-11-9-15(2)10-12-16)19(20)25(22,23)17-7-5-4-6-8-17/h4-12,18-19H,3,13-14,21H2,1-2H3/t18-,19-,20+/m0/s1. The maximum Gasteiger partial charge on any atom is 0.182 e. The number of hydrogen-bond acceptors (Lipinski definition) is 4. The normalized spacial score (nSPS) is 25.7. The van der Waals surface area contributed by atoms with E-state index in [4.69, 9.17) is 10.5 Å². The van der Waals surface area contributed by atoms with E-state index in [1.165, 1.54) is 0 Å². The first-order valence-corrected chi connectivity index (χ1v) is 10.2. The lowest BCUT2D eigenvalue weighted by Gasteiger charge is -2.16. The summed E-state index contributed by atoms with van der Waals surface area (Å²) in [5.41, 5.74) is 7.68. The Balaban J connectivity index is 2.04. The van der Waals surface area contributed by atoms with Crippen molar-refractivity contribution in [2.24, 2.45) is 11.1 Å². The van der Waals surface area contributed by atoms with E-state index < -0.39 is 20.5 Å². The second-order valence-corrected chi connectivity index (χ2v) is 8.81. The molecule has 25 heavy (non-hydrogen) atoms. The van der Waals surface area contributed by atoms with Gasteiger partial charge in [0.15, 0.2) is 9.84 Å². The summed E-state index contributed by atoms with van der Waals surface area (Å²) >= 11 is 0. The molecule has 3 rings (SSSR count). The quantitative estimate of drug-likeness (QED) is 0.825. The molecule has 3 atom stereocenters. The minimum Gasteiger partial charge on any atom is -0.381 e. The van der Waals surface area contributed by atoms with Gasteiger partial charge in [0.05, 0.1) is 16.8 Å². The van der Waals surface area contributed by atoms with Crippen LogP contribution in [0.25, 0.3) is 0 Å². The smallest absolute Gasteiger partial charge is 0.182 e. The lowest BCUT2D eigenvalue weighted by Crippen LogP contribution is -2.29. The summed E-state index contributed by atoms with van der Waals surface area (Å²) in [5, 5.41) is -0.554. The van der Waals surface area contributed by atoms with Crippen molar-refractivity contribution in [3.63, 3.8) is 0 Å². The molecule has 0 unspecified atom stereocenters. The summed E-state index contributed by atoms with van der Waals surface area (Å²) in [4.78, 5) is 0.351. The highest BCUT2D eigenvalue weighted by molar-refractivity contribution is 7.92. The first-order valence-electron chi connectivity index (χ1n) is 8.60. The largest absolute Gasteiger partial charge is 0.381 e. The van der Waals surface area contributed by atoms with Crippen LogP contribution >= 0.6 is 0 Å². The van der Waals surface area contributed by atoms with Crippen molar-refractivity contribution >= 4 is 9.84 Å². The van der Waals surface area contributed by atoms with Gasteiger partial charge in [0.1, 0.15) is 0 Å². The summed E-state index contributed by atoms with van der Waals surface area (Å²) in [6.07, 6.45) is 0. The Kier molecular flexibility index (Phi) is 5.00. The minimum atomic E-state index is -3.48. The summed E-state index contributed by atoms with van der Waals surface area (Å²) in [6, 6.07) is 16.7. The Labute approximate surface area is 149 Å². The van der Waals surface area contributed by atoms with Gasteiger partial charge in [-0.05, 0) is 31.5 Å². The summed E-state index contributed by atoms with van der Waals surface area (Å²) in [6.45, 7) is 5.11. The van der Waals surface area contributed by atoms with E-state index in [0.29, 0.717) is 18.1 Å². The van der Waals surface area contributed by atoms with Crippen molar-refractivity contribution in [2.75, 3.05) is 19.8 Å². The fraction of sp³-hybridized carbons (Fsp3) is 0.400. The van der Waals surface area contributed by atoms with Crippen LogP contribution in [0, 0.1) is 12.3 Å². The molecule has 5 heteroatoms. The van der Waals surface area contributed by atoms with Crippen LogP contribution in [0.2, 0.25) is 0 Å². The molecule has 4 nitrogen and oxygen atoms in total. The van der Waals surface area contributed by atoms with Gasteiger partial charge in [0.2, 0.25) is 0 Å². The van der Waals surface area contributed by atoms with Crippen molar-refractivity contribution in [3.05, 3.63) is 65.7 Å². The third kappa shape index (κ3) is 3.12. The highest BCUT2D eigenvalue weighted by atomic mass is 32.2. The van der Waals surface area contributed by atoms with Gasteiger partial charge in [0, 0.05) is 24.5 Å². The summed E-state index contributed by atoms with van der Waals surface area (Å²) in [5.74, 6) is -0.144. The Morgan fingerprint density at radius 1 is 1.08 bits per heavy atom. The van der Waals surface area contributed by atoms with E-state index in [0.717, 1.165) is 11.1 Å². The molecule has 1 aliphatic carbocycles. The molecule has 134 valence electrons. The second-order valence-electron chi connectivity index (χ2n) is 6.74. The van der Waals surface area contributed by atoms with E-state index in [1.54, 1.807) is 24.3 Å². The van der Waals surface area contributed by atoms with Crippen LogP contribution in [0.4, 0.5) is 0 Å². The van der Waals surface area contributed by atoms with Crippen LogP contribution in [-0.4, -0.2) is 33.4 Å². The minimum absolute atomic E-state index is 0.144. The van der Waals surface area contributed by atoms with Crippen LogP contribution in [0.3, 0.4) is 0 Å². The SMILES string of the molecule is CCOC[C@]1(CN)[C@@H](c2ccc(C)cc2)[C@@H]1S(=O)(=O)c1ccccc1. The van der Waals surface area contributed by atoms with Gasteiger partial charge in [-0.1, -0.05) is 48.0 Å². The van der Waals surface area contributed by atoms with E-state index in [1.807, 2.05) is 44.2 Å². The van der Waals surface area contributed by atoms with Crippen molar-refractivity contribution in [1.29, 1.82) is 0 Å². The molecule has 1 saturated carbocycles. The number of benzene rings is 2. The fourth-order valence-corrected chi connectivity index (χ4v) is 6.21. The first-order chi connectivity index (χ1) is 12.0. The van der Waals surface area contributed by atoms with Gasteiger partial charge in [-0.3, -0.25) is 0 Å².